The van der Waals surface area contributed by atoms with Gasteiger partial charge in [-0.2, -0.15) is 13.2 Å². The van der Waals surface area contributed by atoms with Gasteiger partial charge in [-0.25, -0.2) is 4.98 Å². The molecule has 0 aromatic carbocycles. The van der Waals surface area contributed by atoms with Crippen LogP contribution in [0.2, 0.25) is 0 Å². The van der Waals surface area contributed by atoms with E-state index >= 15 is 0 Å². The molecule has 0 aliphatic carbocycles. The Kier molecular flexibility index (Phi) is 8.08. The zero-order valence-electron chi connectivity index (χ0n) is 14.0. The molecule has 1 rings (SSSR count). The molecule has 0 spiro atoms. The highest BCUT2D eigenvalue weighted by molar-refractivity contribution is 5.79. The molecule has 0 unspecified atom stereocenters. The molecule has 0 aliphatic heterocycles. The lowest BCUT2D eigenvalue weighted by atomic mass is 10.2. The summed E-state index contributed by atoms with van der Waals surface area (Å²) in [6, 6.07) is 2.28. The number of rotatable bonds is 8. The number of pyridine rings is 1. The van der Waals surface area contributed by atoms with Crippen LogP contribution in [0.1, 0.15) is 18.4 Å². The van der Waals surface area contributed by atoms with E-state index < -0.39 is 11.7 Å². The van der Waals surface area contributed by atoms with Gasteiger partial charge < -0.3 is 15.5 Å². The molecule has 24 heavy (non-hydrogen) atoms. The van der Waals surface area contributed by atoms with Crippen LogP contribution in [0.3, 0.4) is 0 Å². The Bertz CT molecular complexity index is 543. The second-order valence-electron chi connectivity index (χ2n) is 5.15. The average molecular weight is 343 g/mol. The highest BCUT2D eigenvalue weighted by Gasteiger charge is 2.33. The molecule has 8 heteroatoms. The molecule has 134 valence electrons. The van der Waals surface area contributed by atoms with Crippen molar-refractivity contribution in [3.8, 4) is 0 Å². The van der Waals surface area contributed by atoms with E-state index in [1.54, 1.807) is 7.05 Å². The molecule has 0 aliphatic rings. The Morgan fingerprint density at radius 1 is 1.42 bits per heavy atom. The summed E-state index contributed by atoms with van der Waals surface area (Å²) in [5.41, 5.74) is -0.768. The monoisotopic (exact) mass is 343 g/mol. The third-order valence-electron chi connectivity index (χ3n) is 3.29. The van der Waals surface area contributed by atoms with Gasteiger partial charge >= 0.3 is 6.18 Å². The largest absolute Gasteiger partial charge is 0.419 e. The molecule has 0 atom stereocenters. The van der Waals surface area contributed by atoms with E-state index in [1.165, 1.54) is 12.3 Å². The number of nitrogens with zero attached hydrogens (tertiary/aromatic N) is 3. The third-order valence-corrected chi connectivity index (χ3v) is 3.29. The van der Waals surface area contributed by atoms with Gasteiger partial charge in [0.05, 0.1) is 5.56 Å². The fourth-order valence-electron chi connectivity index (χ4n) is 2.09. The summed E-state index contributed by atoms with van der Waals surface area (Å²) >= 11 is 0. The second-order valence-corrected chi connectivity index (χ2v) is 5.15. The first-order valence-electron chi connectivity index (χ1n) is 7.69. The Labute approximate surface area is 140 Å². The van der Waals surface area contributed by atoms with Crippen LogP contribution in [0.15, 0.2) is 36.0 Å². The summed E-state index contributed by atoms with van der Waals surface area (Å²) in [5.74, 6) is 0.527. The number of guanidine groups is 1. The zero-order valence-corrected chi connectivity index (χ0v) is 14.0. The lowest BCUT2D eigenvalue weighted by molar-refractivity contribution is -0.137. The van der Waals surface area contributed by atoms with E-state index in [4.69, 9.17) is 0 Å². The van der Waals surface area contributed by atoms with Crippen molar-refractivity contribution in [2.24, 2.45) is 4.99 Å². The number of halogens is 3. The molecule has 0 amide bonds. The van der Waals surface area contributed by atoms with Gasteiger partial charge in [-0.15, -0.1) is 6.58 Å². The first kappa shape index (κ1) is 19.8. The predicted octanol–water partition coefficient (Wildman–Crippen LogP) is 2.99. The van der Waals surface area contributed by atoms with E-state index in [0.717, 1.165) is 25.5 Å². The summed E-state index contributed by atoms with van der Waals surface area (Å²) in [6.45, 7) is 5.21. The SMILES string of the molecule is C=CCCCN(C)C(=NC)NCCNc1ncccc1C(F)(F)F. The fraction of sp³-hybridized carbons (Fsp3) is 0.500. The van der Waals surface area contributed by atoms with Crippen LogP contribution >= 0.6 is 0 Å². The fourth-order valence-corrected chi connectivity index (χ4v) is 2.09. The van der Waals surface area contributed by atoms with Crippen molar-refractivity contribution in [2.75, 3.05) is 39.0 Å². The van der Waals surface area contributed by atoms with Crippen molar-refractivity contribution in [1.82, 2.24) is 15.2 Å². The first-order valence-corrected chi connectivity index (χ1v) is 7.69. The topological polar surface area (TPSA) is 52.5 Å². The normalized spacial score (nSPS) is 12.0. The van der Waals surface area contributed by atoms with E-state index in [9.17, 15) is 13.2 Å². The summed E-state index contributed by atoms with van der Waals surface area (Å²) in [4.78, 5) is 9.87. The van der Waals surface area contributed by atoms with Crippen molar-refractivity contribution >= 4 is 11.8 Å². The molecule has 2 N–H and O–H groups in total. The molecular formula is C16H24F3N5. The highest BCUT2D eigenvalue weighted by atomic mass is 19.4. The Morgan fingerprint density at radius 2 is 2.17 bits per heavy atom. The smallest absolute Gasteiger partial charge is 0.368 e. The second kappa shape index (κ2) is 9.79. The van der Waals surface area contributed by atoms with Gasteiger partial charge in [-0.1, -0.05) is 6.08 Å². The summed E-state index contributed by atoms with van der Waals surface area (Å²) in [7, 11) is 3.58. The Hall–Kier alpha value is -2.25. The van der Waals surface area contributed by atoms with Crippen molar-refractivity contribution in [1.29, 1.82) is 0 Å². The van der Waals surface area contributed by atoms with Gasteiger partial charge in [0.25, 0.3) is 0 Å². The summed E-state index contributed by atoms with van der Waals surface area (Å²) < 4.78 is 38.6. The Balaban J connectivity index is 2.46. The van der Waals surface area contributed by atoms with Gasteiger partial charge in [0, 0.05) is 39.9 Å². The van der Waals surface area contributed by atoms with Crippen LogP contribution in [0.25, 0.3) is 0 Å². The molecule has 1 aromatic rings. The zero-order chi connectivity index (χ0) is 18.0. The van der Waals surface area contributed by atoms with E-state index in [0.29, 0.717) is 19.0 Å². The molecule has 0 saturated heterocycles. The van der Waals surface area contributed by atoms with Gasteiger partial charge in [0.1, 0.15) is 5.82 Å². The quantitative estimate of drug-likeness (QED) is 0.330. The minimum atomic E-state index is -4.43. The van der Waals surface area contributed by atoms with Crippen LogP contribution in [0, 0.1) is 0 Å². The maximum absolute atomic E-state index is 12.9. The van der Waals surface area contributed by atoms with E-state index in [-0.39, 0.29) is 5.82 Å². The maximum atomic E-state index is 12.9. The number of aromatic nitrogens is 1. The number of hydrogen-bond acceptors (Lipinski definition) is 3. The molecule has 0 fully saturated rings. The van der Waals surface area contributed by atoms with Crippen LogP contribution in [0.5, 0.6) is 0 Å². The lowest BCUT2D eigenvalue weighted by Crippen LogP contribution is -2.41. The molecular weight excluding hydrogens is 319 g/mol. The molecule has 0 radical (unpaired) electrons. The van der Waals surface area contributed by atoms with Crippen LogP contribution in [-0.2, 0) is 6.18 Å². The number of anilines is 1. The van der Waals surface area contributed by atoms with E-state index in [2.05, 4.69) is 27.2 Å². The molecule has 5 nitrogen and oxygen atoms in total. The maximum Gasteiger partial charge on any atom is 0.419 e. The highest BCUT2D eigenvalue weighted by Crippen LogP contribution is 2.33. The minimum Gasteiger partial charge on any atom is -0.368 e. The number of allylic oxidation sites excluding steroid dienone is 1. The van der Waals surface area contributed by atoms with Gasteiger partial charge in [-0.05, 0) is 25.0 Å². The van der Waals surface area contributed by atoms with E-state index in [1.807, 2.05) is 18.0 Å². The summed E-state index contributed by atoms with van der Waals surface area (Å²) in [6.07, 6.45) is 0.645. The third kappa shape index (κ3) is 6.47. The minimum absolute atomic E-state index is 0.166. The molecule has 1 heterocycles. The average Bonchev–Trinajstić information content (AvgIpc) is 2.54. The van der Waals surface area contributed by atoms with Crippen molar-refractivity contribution < 1.29 is 13.2 Å². The van der Waals surface area contributed by atoms with Crippen LogP contribution in [0.4, 0.5) is 19.0 Å². The van der Waals surface area contributed by atoms with Crippen LogP contribution < -0.4 is 10.6 Å². The number of unbranched alkanes of at least 4 members (excludes halogenated alkanes) is 1. The van der Waals surface area contributed by atoms with Gasteiger partial charge in [0.15, 0.2) is 5.96 Å². The first-order chi connectivity index (χ1) is 11.4. The Morgan fingerprint density at radius 3 is 2.79 bits per heavy atom. The number of hydrogen-bond donors (Lipinski definition) is 2. The predicted molar refractivity (Wildman–Crippen MR) is 91.2 cm³/mol. The van der Waals surface area contributed by atoms with Gasteiger partial charge in [-0.3, -0.25) is 4.99 Å². The van der Waals surface area contributed by atoms with Crippen molar-refractivity contribution in [3.05, 3.63) is 36.5 Å². The summed E-state index contributed by atoms with van der Waals surface area (Å²) in [5, 5.41) is 5.81. The van der Waals surface area contributed by atoms with Crippen molar-refractivity contribution in [3.63, 3.8) is 0 Å². The molecule has 0 bridgehead atoms. The molecule has 1 aromatic heterocycles. The molecule has 0 saturated carbocycles. The van der Waals surface area contributed by atoms with Crippen molar-refractivity contribution in [2.45, 2.75) is 19.0 Å². The van der Waals surface area contributed by atoms with Crippen LogP contribution in [-0.4, -0.2) is 49.6 Å². The standard InChI is InChI=1S/C16H24F3N5/c1-4-5-6-12-24(3)15(20-2)23-11-10-22-14-13(16(17,18)19)8-7-9-21-14/h4,7-9H,1,5-6,10-12H2,2-3H3,(H,20,23)(H,21,22). The number of aliphatic imine (C=N–C) groups is 1. The van der Waals surface area contributed by atoms with Gasteiger partial charge in [0.2, 0.25) is 0 Å². The lowest BCUT2D eigenvalue weighted by Gasteiger charge is -2.22. The number of alkyl halides is 3. The number of nitrogens with one attached hydrogen (secondary N) is 2.